The average molecular weight is 457 g/mol. The summed E-state index contributed by atoms with van der Waals surface area (Å²) in [5.41, 5.74) is -12.1. The van der Waals surface area contributed by atoms with E-state index in [1.807, 2.05) is 0 Å². The van der Waals surface area contributed by atoms with E-state index < -0.39 is 38.6 Å². The minimum absolute atomic E-state index is 1.20. The zero-order chi connectivity index (χ0) is 21.4. The van der Waals surface area contributed by atoms with Crippen LogP contribution >= 0.6 is 9.83 Å². The first-order valence-corrected chi connectivity index (χ1v) is 12.3. The zero-order valence-electron chi connectivity index (χ0n) is 14.8. The van der Waals surface area contributed by atoms with Crippen LogP contribution in [-0.4, -0.2) is 59.5 Å². The first kappa shape index (κ1) is 28.0. The largest absolute Gasteiger partial charge is 0.508 e. The molecule has 0 saturated carbocycles. The third-order valence-electron chi connectivity index (χ3n) is 2.94. The maximum absolute atomic E-state index is 11.5. The molecule has 0 bridgehead atoms. The lowest BCUT2D eigenvalue weighted by molar-refractivity contribution is -0.890. The molecule has 0 aromatic carbocycles. The molecule has 0 aliphatic rings. The van der Waals surface area contributed by atoms with E-state index in [0.717, 1.165) is 0 Å². The van der Waals surface area contributed by atoms with Crippen LogP contribution in [0.25, 0.3) is 0 Å². The smallest absolute Gasteiger partial charge is 0.328 e. The lowest BCUT2D eigenvalue weighted by Gasteiger charge is -2.29. The highest BCUT2D eigenvalue weighted by Crippen LogP contribution is 2.42. The fourth-order valence-electron chi connectivity index (χ4n) is 1.70. The van der Waals surface area contributed by atoms with Gasteiger partial charge in [0.05, 0.1) is 27.2 Å². The van der Waals surface area contributed by atoms with Crippen LogP contribution in [0.3, 0.4) is 0 Å². The molecule has 0 radical (unpaired) electrons. The number of alkyl halides is 6. The van der Waals surface area contributed by atoms with E-state index in [9.17, 15) is 43.2 Å². The quantitative estimate of drug-likeness (QED) is 0.238. The summed E-state index contributed by atoms with van der Waals surface area (Å²) in [6.45, 7) is 7.20. The summed E-state index contributed by atoms with van der Waals surface area (Å²) < 4.78 is 111. The van der Waals surface area contributed by atoms with E-state index in [2.05, 4.69) is 27.9 Å². The highest BCUT2D eigenvalue weighted by Gasteiger charge is 2.56. The van der Waals surface area contributed by atoms with Gasteiger partial charge >= 0.3 is 28.8 Å². The summed E-state index contributed by atoms with van der Waals surface area (Å²) in [4.78, 5) is 0. The molecule has 5 nitrogen and oxygen atoms in total. The summed E-state index contributed by atoms with van der Waals surface area (Å²) >= 11 is 0. The van der Waals surface area contributed by atoms with Gasteiger partial charge in [-0.25, -0.2) is 16.8 Å². The molecule has 0 fully saturated rings. The predicted octanol–water partition coefficient (Wildman–Crippen LogP) is 4.08. The van der Waals surface area contributed by atoms with Crippen LogP contribution in [0.15, 0.2) is 0 Å². The van der Waals surface area contributed by atoms with Crippen molar-refractivity contribution in [1.29, 1.82) is 0 Å². The highest BCUT2D eigenvalue weighted by atomic mass is 33.5. The van der Waals surface area contributed by atoms with Crippen molar-refractivity contribution in [2.75, 3.05) is 27.2 Å². The molecule has 160 valence electrons. The number of nitrogens with zero attached hydrogens (tertiary/aromatic N) is 1. The second-order valence-corrected chi connectivity index (χ2v) is 13.1. The van der Waals surface area contributed by atoms with Crippen molar-refractivity contribution in [2.24, 2.45) is 0 Å². The Morgan fingerprint density at radius 3 is 1.38 bits per heavy atom. The zero-order valence-corrected chi connectivity index (χ0v) is 17.3. The van der Waals surface area contributed by atoms with Crippen LogP contribution in [0.5, 0.6) is 0 Å². The van der Waals surface area contributed by atoms with Crippen LogP contribution < -0.4 is 0 Å². The molecule has 0 unspecified atom stereocenters. The van der Waals surface area contributed by atoms with Crippen molar-refractivity contribution in [3.8, 4) is 0 Å². The fraction of sp³-hybridized carbons (Fsp3) is 1.00. The van der Waals surface area contributed by atoms with Gasteiger partial charge in [0.25, 0.3) is 0 Å². The number of quaternary nitrogens is 1. The Bertz CT molecular complexity index is 570. The van der Waals surface area contributed by atoms with Crippen molar-refractivity contribution in [2.45, 2.75) is 50.5 Å². The summed E-state index contributed by atoms with van der Waals surface area (Å²) in [7, 11) is -10.4. The van der Waals surface area contributed by atoms with Crippen molar-refractivity contribution in [3.05, 3.63) is 0 Å². The van der Waals surface area contributed by atoms with Gasteiger partial charge in [0.1, 0.15) is 9.83 Å². The molecule has 14 heteroatoms. The molecule has 0 saturated heterocycles. The van der Waals surface area contributed by atoms with Crippen molar-refractivity contribution in [3.63, 3.8) is 0 Å². The molecule has 0 rings (SSSR count). The summed E-state index contributed by atoms with van der Waals surface area (Å²) in [5.74, 6) is 0. The van der Waals surface area contributed by atoms with Gasteiger partial charge < -0.3 is 4.48 Å². The molecule has 0 aromatic heterocycles. The van der Waals surface area contributed by atoms with Crippen LogP contribution in [0.1, 0.15) is 39.5 Å². The van der Waals surface area contributed by atoms with Crippen LogP contribution in [0.2, 0.25) is 0 Å². The van der Waals surface area contributed by atoms with E-state index in [1.165, 1.54) is 43.3 Å². The highest BCUT2D eigenvalue weighted by molar-refractivity contribution is 9.04. The Morgan fingerprint density at radius 1 is 0.731 bits per heavy atom. The standard InChI is InChI=1S/C10H24N.C2F6O4S3/c1-5-7-8-10-11(3,4)9-6-2;3-1(4,5)14(9,10)13-15(11,12)2(6,7)8/h5-10H2,1-4H3;/q+1;. The fourth-order valence-corrected chi connectivity index (χ4v) is 6.77. The van der Waals surface area contributed by atoms with Gasteiger partial charge in [-0.1, -0.05) is 20.3 Å². The van der Waals surface area contributed by atoms with Crippen molar-refractivity contribution < 1.29 is 47.7 Å². The van der Waals surface area contributed by atoms with Crippen molar-refractivity contribution >= 4 is 27.6 Å². The first-order chi connectivity index (χ1) is 11.3. The van der Waals surface area contributed by atoms with E-state index in [0.29, 0.717) is 0 Å². The molecule has 0 spiro atoms. The monoisotopic (exact) mass is 456 g/mol. The summed E-state index contributed by atoms with van der Waals surface area (Å²) in [6.07, 6.45) is 5.43. The number of halogens is 6. The first-order valence-electron chi connectivity index (χ1n) is 7.48. The topological polar surface area (TPSA) is 68.3 Å². The molecule has 26 heavy (non-hydrogen) atoms. The molecule has 0 aliphatic carbocycles. The van der Waals surface area contributed by atoms with Gasteiger partial charge in [-0.2, -0.15) is 26.3 Å². The average Bonchev–Trinajstić information content (AvgIpc) is 2.35. The van der Waals surface area contributed by atoms with Gasteiger partial charge in [-0.3, -0.25) is 0 Å². The van der Waals surface area contributed by atoms with Crippen molar-refractivity contribution in [1.82, 2.24) is 0 Å². The Morgan fingerprint density at radius 2 is 1.12 bits per heavy atom. The second kappa shape index (κ2) is 10.4. The molecule has 0 amide bonds. The maximum atomic E-state index is 11.5. The molecular formula is C12H24F6NO4S3+. The lowest BCUT2D eigenvalue weighted by atomic mass is 10.2. The van der Waals surface area contributed by atoms with Gasteiger partial charge in [0, 0.05) is 0 Å². The Balaban J connectivity index is 0. The number of rotatable bonds is 8. The molecule has 0 aliphatic heterocycles. The Labute approximate surface area is 153 Å². The Hall–Kier alpha value is -0.210. The SMILES string of the molecule is CCCCC[N+](C)(C)CCC.O=S(=O)(SS(=O)(=O)C(F)(F)F)C(F)(F)F. The van der Waals surface area contributed by atoms with Gasteiger partial charge in [0.15, 0.2) is 0 Å². The van der Waals surface area contributed by atoms with Gasteiger partial charge in [0.2, 0.25) is 0 Å². The third-order valence-corrected chi connectivity index (χ3v) is 9.87. The maximum Gasteiger partial charge on any atom is 0.508 e. The number of hydrogen-bond acceptors (Lipinski definition) is 5. The van der Waals surface area contributed by atoms with E-state index >= 15 is 0 Å². The van der Waals surface area contributed by atoms with E-state index in [4.69, 9.17) is 0 Å². The lowest BCUT2D eigenvalue weighted by Crippen LogP contribution is -2.40. The number of hydrogen-bond donors (Lipinski definition) is 0. The minimum atomic E-state index is -6.43. The normalized spacial score (nSPS) is 13.9. The van der Waals surface area contributed by atoms with E-state index in [1.54, 1.807) is 0 Å². The molecular weight excluding hydrogens is 432 g/mol. The molecule has 0 N–H and O–H groups in total. The molecule has 0 heterocycles. The van der Waals surface area contributed by atoms with Crippen LogP contribution in [0, 0.1) is 0 Å². The molecule has 0 atom stereocenters. The van der Waals surface area contributed by atoms with Gasteiger partial charge in [-0.05, 0) is 19.3 Å². The summed E-state index contributed by atoms with van der Waals surface area (Å²) in [5, 5.41) is 0. The van der Waals surface area contributed by atoms with Crippen LogP contribution in [-0.2, 0) is 17.7 Å². The van der Waals surface area contributed by atoms with Gasteiger partial charge in [-0.15, -0.1) is 0 Å². The Kier molecular flexibility index (Phi) is 11.2. The molecule has 0 aromatic rings. The number of unbranched alkanes of at least 4 members (excludes halogenated alkanes) is 2. The summed E-state index contributed by atoms with van der Waals surface area (Å²) in [6, 6.07) is 0. The van der Waals surface area contributed by atoms with E-state index in [-0.39, 0.29) is 0 Å². The predicted molar refractivity (Wildman–Crippen MR) is 89.2 cm³/mol. The second-order valence-electron chi connectivity index (χ2n) is 5.96. The minimum Gasteiger partial charge on any atom is -0.328 e. The third kappa shape index (κ3) is 10.8. The van der Waals surface area contributed by atoms with Crippen LogP contribution in [0.4, 0.5) is 26.3 Å².